The first kappa shape index (κ1) is 20.3. The number of carbonyl (C=O) groups is 3. The lowest BCUT2D eigenvalue weighted by Gasteiger charge is -2.28. The Kier molecular flexibility index (Phi) is 5.17. The first-order valence-corrected chi connectivity index (χ1v) is 10.9. The summed E-state index contributed by atoms with van der Waals surface area (Å²) in [7, 11) is 1.54. The number of nitrogens with one attached hydrogen (secondary N) is 2. The highest BCUT2D eigenvalue weighted by atomic mass is 16.5. The molecular formula is C25H25N3O4. The van der Waals surface area contributed by atoms with Crippen LogP contribution in [0.4, 0.5) is 10.5 Å². The second-order valence-electron chi connectivity index (χ2n) is 8.51. The van der Waals surface area contributed by atoms with Crippen LogP contribution in [0, 0.1) is 23.7 Å². The van der Waals surface area contributed by atoms with Crippen LogP contribution < -0.4 is 15.4 Å². The number of rotatable bonds is 6. The largest absolute Gasteiger partial charge is 0.495 e. The first-order valence-electron chi connectivity index (χ1n) is 10.9. The van der Waals surface area contributed by atoms with Crippen molar-refractivity contribution in [2.24, 2.45) is 23.7 Å². The molecule has 4 amide bonds. The number of ether oxygens (including phenoxy) is 1. The molecule has 7 nitrogen and oxygen atoms in total. The van der Waals surface area contributed by atoms with Crippen molar-refractivity contribution in [3.63, 3.8) is 0 Å². The Bertz CT molecular complexity index is 1050. The molecule has 1 heterocycles. The van der Waals surface area contributed by atoms with Gasteiger partial charge in [-0.3, -0.25) is 14.5 Å². The van der Waals surface area contributed by atoms with E-state index in [9.17, 15) is 14.4 Å². The minimum Gasteiger partial charge on any atom is -0.495 e. The minimum atomic E-state index is -0.565. The molecule has 2 aromatic carbocycles. The fourth-order valence-electron chi connectivity index (χ4n) is 5.37. The third kappa shape index (κ3) is 3.34. The van der Waals surface area contributed by atoms with Crippen molar-refractivity contribution in [1.82, 2.24) is 10.2 Å². The van der Waals surface area contributed by atoms with Gasteiger partial charge >= 0.3 is 6.03 Å². The number of fused-ring (bicyclic) bond motifs is 5. The molecule has 1 aliphatic heterocycles. The topological polar surface area (TPSA) is 87.7 Å². The van der Waals surface area contributed by atoms with Crippen LogP contribution in [0.15, 0.2) is 66.7 Å². The summed E-state index contributed by atoms with van der Waals surface area (Å²) >= 11 is 0. The van der Waals surface area contributed by atoms with Gasteiger partial charge in [-0.1, -0.05) is 54.6 Å². The van der Waals surface area contributed by atoms with Crippen LogP contribution in [0.25, 0.3) is 0 Å². The number of benzene rings is 2. The number of amides is 4. The van der Waals surface area contributed by atoms with Crippen LogP contribution in [0.2, 0.25) is 0 Å². The highest BCUT2D eigenvalue weighted by molar-refractivity contribution is 6.07. The standard InChI is InChI=1S/C25H25N3O4/c1-32-20-10-6-5-9-18(20)27-25(31)26-14-19(15-7-3-2-4-8-15)28-23(29)21-16-11-12-17(13-16)22(21)24(28)30/h2-12,16-17,19,21-22H,13-14H2,1H3,(H2,26,27,31). The van der Waals surface area contributed by atoms with E-state index in [-0.39, 0.29) is 42.0 Å². The molecule has 0 radical (unpaired) electrons. The van der Waals surface area contributed by atoms with E-state index in [4.69, 9.17) is 4.74 Å². The van der Waals surface area contributed by atoms with E-state index >= 15 is 0 Å². The van der Waals surface area contributed by atoms with Gasteiger partial charge in [-0.15, -0.1) is 0 Å². The highest BCUT2D eigenvalue weighted by Gasteiger charge is 2.60. The maximum atomic E-state index is 13.3. The second kappa shape index (κ2) is 8.15. The summed E-state index contributed by atoms with van der Waals surface area (Å²) in [6.07, 6.45) is 5.05. The Labute approximate surface area is 186 Å². The molecule has 0 spiro atoms. The van der Waals surface area contributed by atoms with E-state index < -0.39 is 12.1 Å². The number of hydrogen-bond donors (Lipinski definition) is 2. The maximum absolute atomic E-state index is 13.3. The molecule has 164 valence electrons. The summed E-state index contributed by atoms with van der Waals surface area (Å²) in [5.41, 5.74) is 1.35. The van der Waals surface area contributed by atoms with E-state index in [1.165, 1.54) is 12.0 Å². The molecule has 32 heavy (non-hydrogen) atoms. The zero-order valence-corrected chi connectivity index (χ0v) is 17.7. The number of allylic oxidation sites excluding steroid dienone is 2. The van der Waals surface area contributed by atoms with Gasteiger partial charge in [0.2, 0.25) is 11.8 Å². The van der Waals surface area contributed by atoms with Crippen molar-refractivity contribution < 1.29 is 19.1 Å². The lowest BCUT2D eigenvalue weighted by Crippen LogP contribution is -2.43. The van der Waals surface area contributed by atoms with Gasteiger partial charge in [0.15, 0.2) is 0 Å². The molecule has 2 aliphatic carbocycles. The fourth-order valence-corrected chi connectivity index (χ4v) is 5.37. The zero-order valence-electron chi connectivity index (χ0n) is 17.7. The van der Waals surface area contributed by atoms with Gasteiger partial charge in [-0.05, 0) is 36.0 Å². The van der Waals surface area contributed by atoms with Crippen molar-refractivity contribution in [2.75, 3.05) is 19.0 Å². The minimum absolute atomic E-state index is 0.116. The van der Waals surface area contributed by atoms with E-state index in [1.54, 1.807) is 18.2 Å². The van der Waals surface area contributed by atoms with E-state index in [2.05, 4.69) is 22.8 Å². The molecule has 5 rings (SSSR count). The van der Waals surface area contributed by atoms with Gasteiger partial charge in [0.1, 0.15) is 5.75 Å². The Hall–Kier alpha value is -3.61. The van der Waals surface area contributed by atoms with Crippen LogP contribution in [0.3, 0.4) is 0 Å². The Morgan fingerprint density at radius 1 is 1.00 bits per heavy atom. The molecule has 5 atom stereocenters. The molecule has 2 fully saturated rings. The van der Waals surface area contributed by atoms with Crippen LogP contribution in [0.1, 0.15) is 18.0 Å². The number of carbonyl (C=O) groups excluding carboxylic acids is 3. The summed E-state index contributed by atoms with van der Waals surface area (Å²) in [4.78, 5) is 40.7. The van der Waals surface area contributed by atoms with Crippen molar-refractivity contribution >= 4 is 23.5 Å². The van der Waals surface area contributed by atoms with E-state index in [1.807, 2.05) is 36.4 Å². The van der Waals surface area contributed by atoms with Crippen LogP contribution >= 0.6 is 0 Å². The quantitative estimate of drug-likeness (QED) is 0.542. The summed E-state index contributed by atoms with van der Waals surface area (Å²) in [6, 6.07) is 15.5. The van der Waals surface area contributed by atoms with Gasteiger partial charge in [0, 0.05) is 6.54 Å². The average Bonchev–Trinajstić information content (AvgIpc) is 3.50. The van der Waals surface area contributed by atoms with Gasteiger partial charge in [-0.25, -0.2) is 4.79 Å². The summed E-state index contributed by atoms with van der Waals surface area (Å²) < 4.78 is 5.27. The van der Waals surface area contributed by atoms with E-state index in [0.717, 1.165) is 12.0 Å². The molecule has 0 aromatic heterocycles. The number of likely N-dealkylation sites (tertiary alicyclic amines) is 1. The predicted molar refractivity (Wildman–Crippen MR) is 119 cm³/mol. The van der Waals surface area contributed by atoms with Crippen LogP contribution in [0.5, 0.6) is 5.75 Å². The van der Waals surface area contributed by atoms with Gasteiger partial charge in [-0.2, -0.15) is 0 Å². The summed E-state index contributed by atoms with van der Waals surface area (Å²) in [5, 5.41) is 5.61. The number of hydrogen-bond acceptors (Lipinski definition) is 4. The monoisotopic (exact) mass is 431 g/mol. The Balaban J connectivity index is 1.35. The summed E-state index contributed by atoms with van der Waals surface area (Å²) in [5.74, 6) is 0.0322. The van der Waals surface area contributed by atoms with Crippen LogP contribution in [-0.2, 0) is 9.59 Å². The number of imide groups is 1. The lowest BCUT2D eigenvalue weighted by molar-refractivity contribution is -0.143. The smallest absolute Gasteiger partial charge is 0.319 e. The fraction of sp³-hybridized carbons (Fsp3) is 0.320. The molecular weight excluding hydrogens is 406 g/mol. The molecule has 2 aromatic rings. The first-order chi connectivity index (χ1) is 15.6. The molecule has 7 heteroatoms. The van der Waals surface area contributed by atoms with Crippen molar-refractivity contribution in [2.45, 2.75) is 12.5 Å². The highest BCUT2D eigenvalue weighted by Crippen LogP contribution is 2.53. The molecule has 5 unspecified atom stereocenters. The van der Waals surface area contributed by atoms with Crippen molar-refractivity contribution in [1.29, 1.82) is 0 Å². The third-order valence-electron chi connectivity index (χ3n) is 6.81. The zero-order chi connectivity index (χ0) is 22.2. The van der Waals surface area contributed by atoms with Gasteiger partial charge in [0.25, 0.3) is 0 Å². The number of methoxy groups -OCH3 is 1. The average molecular weight is 431 g/mol. The van der Waals surface area contributed by atoms with Crippen LogP contribution in [-0.4, -0.2) is 36.4 Å². The Morgan fingerprint density at radius 2 is 1.62 bits per heavy atom. The lowest BCUT2D eigenvalue weighted by atomic mass is 9.85. The normalized spacial score (nSPS) is 26.2. The number of nitrogens with zero attached hydrogens (tertiary/aromatic N) is 1. The SMILES string of the molecule is COc1ccccc1NC(=O)NCC(c1ccccc1)N1C(=O)C2C3C=CC(C3)C2C1=O. The molecule has 3 aliphatic rings. The third-order valence-corrected chi connectivity index (χ3v) is 6.81. The van der Waals surface area contributed by atoms with E-state index in [0.29, 0.717) is 11.4 Å². The molecule has 1 saturated carbocycles. The predicted octanol–water partition coefficient (Wildman–Crippen LogP) is 3.37. The van der Waals surface area contributed by atoms with Gasteiger partial charge < -0.3 is 15.4 Å². The van der Waals surface area contributed by atoms with Crippen molar-refractivity contribution in [3.05, 3.63) is 72.3 Å². The molecule has 1 saturated heterocycles. The number of para-hydroxylation sites is 2. The number of anilines is 1. The summed E-state index contributed by atoms with van der Waals surface area (Å²) in [6.45, 7) is 0.116. The van der Waals surface area contributed by atoms with Gasteiger partial charge in [0.05, 0.1) is 30.7 Å². The molecule has 2 bridgehead atoms. The second-order valence-corrected chi connectivity index (χ2v) is 8.51. The number of urea groups is 1. The Morgan fingerprint density at radius 3 is 2.28 bits per heavy atom. The molecule has 2 N–H and O–H groups in total. The maximum Gasteiger partial charge on any atom is 0.319 e. The van der Waals surface area contributed by atoms with Crippen molar-refractivity contribution in [3.8, 4) is 5.75 Å².